The minimum Gasteiger partial charge on any atom is -0.329 e. The van der Waals surface area contributed by atoms with Gasteiger partial charge in [-0.25, -0.2) is 4.39 Å². The fourth-order valence-corrected chi connectivity index (χ4v) is 1.70. The Morgan fingerprint density at radius 2 is 2.14 bits per heavy atom. The van der Waals surface area contributed by atoms with Crippen LogP contribution in [0, 0.1) is 5.82 Å². The largest absolute Gasteiger partial charge is 0.329 e. The summed E-state index contributed by atoms with van der Waals surface area (Å²) in [4.78, 5) is 1.85. The van der Waals surface area contributed by atoms with Gasteiger partial charge in [0, 0.05) is 17.1 Å². The molecule has 0 saturated carbocycles. The summed E-state index contributed by atoms with van der Waals surface area (Å²) in [6.07, 6.45) is 0. The van der Waals surface area contributed by atoms with Crippen LogP contribution in [0.2, 0.25) is 5.02 Å². The zero-order chi connectivity index (χ0) is 10.7. The first kappa shape index (κ1) is 11.4. The Balaban J connectivity index is 3.15. The molecule has 0 radical (unpaired) electrons. The van der Waals surface area contributed by atoms with E-state index in [-0.39, 0.29) is 11.9 Å². The smallest absolute Gasteiger partial charge is 0.129 e. The molecule has 2 N–H and O–H groups in total. The minimum absolute atomic E-state index is 0.177. The van der Waals surface area contributed by atoms with Crippen LogP contribution in [0.4, 0.5) is 4.39 Å². The van der Waals surface area contributed by atoms with E-state index in [1.54, 1.807) is 12.1 Å². The first-order valence-electron chi connectivity index (χ1n) is 4.38. The zero-order valence-corrected chi connectivity index (χ0v) is 9.05. The molecule has 1 rings (SSSR count). The van der Waals surface area contributed by atoms with Gasteiger partial charge in [-0.15, -0.1) is 0 Å². The molecule has 0 aliphatic carbocycles. The molecule has 0 aliphatic heterocycles. The summed E-state index contributed by atoms with van der Waals surface area (Å²) in [5.74, 6) is -0.304. The van der Waals surface area contributed by atoms with Crippen LogP contribution >= 0.6 is 11.6 Å². The lowest BCUT2D eigenvalue weighted by molar-refractivity contribution is 0.298. The van der Waals surface area contributed by atoms with E-state index >= 15 is 0 Å². The summed E-state index contributed by atoms with van der Waals surface area (Å²) >= 11 is 5.92. The van der Waals surface area contributed by atoms with Crippen molar-refractivity contribution in [3.63, 3.8) is 0 Å². The van der Waals surface area contributed by atoms with Crippen LogP contribution in [0.3, 0.4) is 0 Å². The van der Waals surface area contributed by atoms with Crippen molar-refractivity contribution in [1.29, 1.82) is 0 Å². The van der Waals surface area contributed by atoms with Crippen LogP contribution in [-0.4, -0.2) is 25.5 Å². The van der Waals surface area contributed by atoms with Crippen LogP contribution in [-0.2, 0) is 0 Å². The molecule has 0 aromatic heterocycles. The first-order chi connectivity index (χ1) is 6.57. The van der Waals surface area contributed by atoms with Gasteiger partial charge in [-0.3, -0.25) is 0 Å². The fourth-order valence-electron chi connectivity index (χ4n) is 1.42. The molecule has 0 spiro atoms. The SMILES string of the molecule is CN(C)C(CN)c1c(F)cccc1Cl. The number of hydrogen-bond donors (Lipinski definition) is 1. The molecule has 4 heteroatoms. The van der Waals surface area contributed by atoms with Gasteiger partial charge in [-0.05, 0) is 26.2 Å². The Bertz CT molecular complexity index is 295. The van der Waals surface area contributed by atoms with Crippen molar-refractivity contribution in [2.75, 3.05) is 20.6 Å². The Labute approximate surface area is 88.5 Å². The third-order valence-electron chi connectivity index (χ3n) is 2.18. The van der Waals surface area contributed by atoms with Gasteiger partial charge in [-0.2, -0.15) is 0 Å². The average Bonchev–Trinajstić information content (AvgIpc) is 2.10. The molecular formula is C10H14ClFN2. The number of hydrogen-bond acceptors (Lipinski definition) is 2. The van der Waals surface area contributed by atoms with Crippen molar-refractivity contribution < 1.29 is 4.39 Å². The van der Waals surface area contributed by atoms with Crippen LogP contribution in [0.1, 0.15) is 11.6 Å². The summed E-state index contributed by atoms with van der Waals surface area (Å²) in [7, 11) is 3.70. The minimum atomic E-state index is -0.304. The highest BCUT2D eigenvalue weighted by Gasteiger charge is 2.19. The van der Waals surface area contributed by atoms with E-state index < -0.39 is 0 Å². The maximum Gasteiger partial charge on any atom is 0.129 e. The lowest BCUT2D eigenvalue weighted by Crippen LogP contribution is -2.28. The van der Waals surface area contributed by atoms with E-state index in [2.05, 4.69) is 0 Å². The van der Waals surface area contributed by atoms with Gasteiger partial charge in [0.2, 0.25) is 0 Å². The maximum absolute atomic E-state index is 13.5. The summed E-state index contributed by atoms with van der Waals surface area (Å²) in [5.41, 5.74) is 6.05. The molecule has 2 nitrogen and oxygen atoms in total. The second-order valence-electron chi connectivity index (χ2n) is 3.35. The lowest BCUT2D eigenvalue weighted by atomic mass is 10.1. The molecule has 1 atom stereocenters. The Morgan fingerprint density at radius 3 is 2.57 bits per heavy atom. The van der Waals surface area contributed by atoms with Crippen molar-refractivity contribution >= 4 is 11.6 Å². The van der Waals surface area contributed by atoms with E-state index in [1.165, 1.54) is 6.07 Å². The van der Waals surface area contributed by atoms with Gasteiger partial charge in [0.25, 0.3) is 0 Å². The molecule has 0 aliphatic rings. The monoisotopic (exact) mass is 216 g/mol. The van der Waals surface area contributed by atoms with Gasteiger partial charge in [0.05, 0.1) is 6.04 Å². The van der Waals surface area contributed by atoms with Crippen molar-refractivity contribution in [1.82, 2.24) is 4.90 Å². The Hall–Kier alpha value is -0.640. The summed E-state index contributed by atoms with van der Waals surface area (Å²) in [6.45, 7) is 0.341. The number of likely N-dealkylation sites (N-methyl/N-ethyl adjacent to an activating group) is 1. The van der Waals surface area contributed by atoms with Crippen LogP contribution in [0.25, 0.3) is 0 Å². The van der Waals surface area contributed by atoms with Crippen LogP contribution in [0.15, 0.2) is 18.2 Å². The highest BCUT2D eigenvalue weighted by molar-refractivity contribution is 6.31. The molecular weight excluding hydrogens is 203 g/mol. The van der Waals surface area contributed by atoms with Crippen molar-refractivity contribution in [2.24, 2.45) is 5.73 Å². The molecule has 0 saturated heterocycles. The van der Waals surface area contributed by atoms with Gasteiger partial charge in [0.15, 0.2) is 0 Å². The zero-order valence-electron chi connectivity index (χ0n) is 8.30. The van der Waals surface area contributed by atoms with E-state index in [4.69, 9.17) is 17.3 Å². The molecule has 0 fully saturated rings. The number of halogens is 2. The highest BCUT2D eigenvalue weighted by Crippen LogP contribution is 2.27. The summed E-state index contributed by atoms with van der Waals surface area (Å²) in [6, 6.07) is 4.48. The molecule has 0 heterocycles. The first-order valence-corrected chi connectivity index (χ1v) is 4.76. The van der Waals surface area contributed by atoms with Crippen LogP contribution in [0.5, 0.6) is 0 Å². The fraction of sp³-hybridized carbons (Fsp3) is 0.400. The van der Waals surface area contributed by atoms with Crippen LogP contribution < -0.4 is 5.73 Å². The van der Waals surface area contributed by atoms with E-state index in [0.717, 1.165) is 0 Å². The van der Waals surface area contributed by atoms with E-state index in [1.807, 2.05) is 19.0 Å². The molecule has 14 heavy (non-hydrogen) atoms. The standard InChI is InChI=1S/C10H14ClFN2/c1-14(2)9(6-13)10-7(11)4-3-5-8(10)12/h3-5,9H,6,13H2,1-2H3. The van der Waals surface area contributed by atoms with E-state index in [0.29, 0.717) is 17.1 Å². The lowest BCUT2D eigenvalue weighted by Gasteiger charge is -2.24. The topological polar surface area (TPSA) is 29.3 Å². The number of benzene rings is 1. The molecule has 1 aromatic rings. The molecule has 78 valence electrons. The highest BCUT2D eigenvalue weighted by atomic mass is 35.5. The summed E-state index contributed by atoms with van der Waals surface area (Å²) in [5, 5.41) is 0.425. The summed E-state index contributed by atoms with van der Waals surface area (Å²) < 4.78 is 13.5. The number of nitrogens with two attached hydrogens (primary N) is 1. The predicted octanol–water partition coefficient (Wildman–Crippen LogP) is 2.04. The molecule has 1 unspecified atom stereocenters. The molecule has 1 aromatic carbocycles. The quantitative estimate of drug-likeness (QED) is 0.838. The second kappa shape index (κ2) is 4.73. The molecule has 0 bridgehead atoms. The Morgan fingerprint density at radius 1 is 1.50 bits per heavy atom. The molecule has 0 amide bonds. The van der Waals surface area contributed by atoms with Gasteiger partial charge in [-0.1, -0.05) is 17.7 Å². The Kier molecular flexibility index (Phi) is 3.86. The predicted molar refractivity (Wildman–Crippen MR) is 56.9 cm³/mol. The van der Waals surface area contributed by atoms with Crippen molar-refractivity contribution in [3.8, 4) is 0 Å². The van der Waals surface area contributed by atoms with Gasteiger partial charge in [0.1, 0.15) is 5.82 Å². The van der Waals surface area contributed by atoms with E-state index in [9.17, 15) is 4.39 Å². The number of rotatable bonds is 3. The second-order valence-corrected chi connectivity index (χ2v) is 3.76. The van der Waals surface area contributed by atoms with Crippen molar-refractivity contribution in [2.45, 2.75) is 6.04 Å². The van der Waals surface area contributed by atoms with Gasteiger partial charge < -0.3 is 10.6 Å². The van der Waals surface area contributed by atoms with Crippen molar-refractivity contribution in [3.05, 3.63) is 34.6 Å². The third-order valence-corrected chi connectivity index (χ3v) is 2.51. The maximum atomic E-state index is 13.5. The number of nitrogens with zero attached hydrogens (tertiary/aromatic N) is 1. The van der Waals surface area contributed by atoms with Gasteiger partial charge >= 0.3 is 0 Å². The average molecular weight is 217 g/mol. The third kappa shape index (κ3) is 2.23. The normalized spacial score (nSPS) is 13.3.